The standard InChI is InChI=1S/C17H23NO5/c1-22-16(20)10-15(19)14-8-5-9-18(11-14)17(21)23-12-13-6-3-2-4-7-13/h2-4,6-7,14-15,19H,5,8-12H2,1H3/t14-,15+/m1/s1. The van der Waals surface area contributed by atoms with Crippen LogP contribution in [0.5, 0.6) is 0 Å². The molecule has 0 spiro atoms. The number of rotatable bonds is 5. The van der Waals surface area contributed by atoms with Crippen LogP contribution in [0.3, 0.4) is 0 Å². The number of piperidine rings is 1. The van der Waals surface area contributed by atoms with E-state index in [-0.39, 0.29) is 25.0 Å². The van der Waals surface area contributed by atoms with Gasteiger partial charge in [-0.05, 0) is 18.4 Å². The zero-order chi connectivity index (χ0) is 16.7. The highest BCUT2D eigenvalue weighted by molar-refractivity contribution is 5.70. The quantitative estimate of drug-likeness (QED) is 0.839. The summed E-state index contributed by atoms with van der Waals surface area (Å²) in [6, 6.07) is 9.48. The van der Waals surface area contributed by atoms with Crippen LogP contribution in [-0.2, 0) is 20.9 Å². The molecule has 0 radical (unpaired) electrons. The number of esters is 1. The van der Waals surface area contributed by atoms with Crippen molar-refractivity contribution < 1.29 is 24.2 Å². The van der Waals surface area contributed by atoms with E-state index in [1.165, 1.54) is 7.11 Å². The first-order valence-electron chi connectivity index (χ1n) is 7.80. The third kappa shape index (κ3) is 5.25. The number of ether oxygens (including phenoxy) is 2. The number of aliphatic hydroxyl groups excluding tert-OH is 1. The van der Waals surface area contributed by atoms with Gasteiger partial charge in [0.1, 0.15) is 6.61 Å². The Morgan fingerprint density at radius 1 is 1.35 bits per heavy atom. The Morgan fingerprint density at radius 2 is 2.09 bits per heavy atom. The van der Waals surface area contributed by atoms with E-state index in [1.54, 1.807) is 4.90 Å². The van der Waals surface area contributed by atoms with Crippen molar-refractivity contribution in [3.63, 3.8) is 0 Å². The molecule has 1 saturated heterocycles. The van der Waals surface area contributed by atoms with E-state index in [1.807, 2.05) is 30.3 Å². The first-order valence-corrected chi connectivity index (χ1v) is 7.80. The van der Waals surface area contributed by atoms with Crippen LogP contribution in [-0.4, -0.2) is 48.4 Å². The lowest BCUT2D eigenvalue weighted by molar-refractivity contribution is -0.143. The van der Waals surface area contributed by atoms with E-state index in [0.29, 0.717) is 13.1 Å². The van der Waals surface area contributed by atoms with Crippen molar-refractivity contribution in [2.75, 3.05) is 20.2 Å². The summed E-state index contributed by atoms with van der Waals surface area (Å²) in [4.78, 5) is 25.0. The minimum absolute atomic E-state index is 0.0475. The molecular formula is C17H23NO5. The molecule has 0 bridgehead atoms. The Kier molecular flexibility index (Phi) is 6.40. The summed E-state index contributed by atoms with van der Waals surface area (Å²) in [6.45, 7) is 1.23. The fourth-order valence-electron chi connectivity index (χ4n) is 2.72. The van der Waals surface area contributed by atoms with Crippen LogP contribution < -0.4 is 0 Å². The van der Waals surface area contributed by atoms with E-state index < -0.39 is 12.1 Å². The van der Waals surface area contributed by atoms with Crippen LogP contribution in [0, 0.1) is 5.92 Å². The molecule has 126 valence electrons. The maximum Gasteiger partial charge on any atom is 0.410 e. The molecule has 6 nitrogen and oxygen atoms in total. The summed E-state index contributed by atoms with van der Waals surface area (Å²) >= 11 is 0. The van der Waals surface area contributed by atoms with Gasteiger partial charge in [-0.15, -0.1) is 0 Å². The molecule has 2 atom stereocenters. The van der Waals surface area contributed by atoms with Gasteiger partial charge in [0.2, 0.25) is 0 Å². The van der Waals surface area contributed by atoms with Crippen LogP contribution in [0.2, 0.25) is 0 Å². The number of likely N-dealkylation sites (tertiary alicyclic amines) is 1. The highest BCUT2D eigenvalue weighted by atomic mass is 16.6. The minimum Gasteiger partial charge on any atom is -0.469 e. The van der Waals surface area contributed by atoms with Gasteiger partial charge in [-0.2, -0.15) is 0 Å². The van der Waals surface area contributed by atoms with Crippen LogP contribution in [0.1, 0.15) is 24.8 Å². The van der Waals surface area contributed by atoms with Gasteiger partial charge in [-0.25, -0.2) is 4.79 Å². The third-order valence-corrected chi connectivity index (χ3v) is 4.07. The molecule has 1 heterocycles. The number of carbonyl (C=O) groups is 2. The normalized spacial score (nSPS) is 19.0. The van der Waals surface area contributed by atoms with Crippen LogP contribution in [0.15, 0.2) is 30.3 Å². The molecule has 0 saturated carbocycles. The predicted molar refractivity (Wildman–Crippen MR) is 83.6 cm³/mol. The molecule has 1 aliphatic heterocycles. The van der Waals surface area contributed by atoms with E-state index in [9.17, 15) is 14.7 Å². The number of carbonyl (C=O) groups excluding carboxylic acids is 2. The molecule has 6 heteroatoms. The number of nitrogens with zero attached hydrogens (tertiary/aromatic N) is 1. The smallest absolute Gasteiger partial charge is 0.410 e. The van der Waals surface area contributed by atoms with Crippen molar-refractivity contribution in [2.45, 2.75) is 32.0 Å². The van der Waals surface area contributed by atoms with Gasteiger partial charge in [0, 0.05) is 19.0 Å². The Hall–Kier alpha value is -2.08. The first-order chi connectivity index (χ1) is 11.1. The SMILES string of the molecule is COC(=O)C[C@H](O)[C@@H]1CCCN(C(=O)OCc2ccccc2)C1. The number of hydrogen-bond donors (Lipinski definition) is 1. The number of methoxy groups -OCH3 is 1. The van der Waals surface area contributed by atoms with Gasteiger partial charge < -0.3 is 19.5 Å². The zero-order valence-corrected chi connectivity index (χ0v) is 13.3. The fourth-order valence-corrected chi connectivity index (χ4v) is 2.72. The molecule has 1 aliphatic rings. The first kappa shape index (κ1) is 17.3. The lowest BCUT2D eigenvalue weighted by Gasteiger charge is -2.34. The van der Waals surface area contributed by atoms with Gasteiger partial charge in [-0.3, -0.25) is 4.79 Å². The topological polar surface area (TPSA) is 76.1 Å². The van der Waals surface area contributed by atoms with Crippen LogP contribution in [0.4, 0.5) is 4.79 Å². The van der Waals surface area contributed by atoms with E-state index in [2.05, 4.69) is 4.74 Å². The second-order valence-electron chi connectivity index (χ2n) is 5.74. The lowest BCUT2D eigenvalue weighted by atomic mass is 9.91. The number of hydrogen-bond acceptors (Lipinski definition) is 5. The molecule has 2 rings (SSSR count). The molecule has 1 amide bonds. The molecule has 0 aliphatic carbocycles. The minimum atomic E-state index is -0.799. The summed E-state index contributed by atoms with van der Waals surface area (Å²) in [6.07, 6.45) is 0.328. The van der Waals surface area contributed by atoms with Crippen molar-refractivity contribution in [3.8, 4) is 0 Å². The van der Waals surface area contributed by atoms with Crippen molar-refractivity contribution in [3.05, 3.63) is 35.9 Å². The summed E-state index contributed by atoms with van der Waals surface area (Å²) in [7, 11) is 1.29. The molecule has 23 heavy (non-hydrogen) atoms. The average molecular weight is 321 g/mol. The highest BCUT2D eigenvalue weighted by Gasteiger charge is 2.30. The van der Waals surface area contributed by atoms with Crippen LogP contribution in [0.25, 0.3) is 0 Å². The summed E-state index contributed by atoms with van der Waals surface area (Å²) in [5.74, 6) is -0.576. The average Bonchev–Trinajstić information content (AvgIpc) is 2.60. The Labute approximate surface area is 136 Å². The highest BCUT2D eigenvalue weighted by Crippen LogP contribution is 2.22. The Balaban J connectivity index is 1.82. The van der Waals surface area contributed by atoms with Gasteiger partial charge >= 0.3 is 12.1 Å². The van der Waals surface area contributed by atoms with E-state index in [0.717, 1.165) is 18.4 Å². The van der Waals surface area contributed by atoms with Gasteiger partial charge in [0.15, 0.2) is 0 Å². The molecular weight excluding hydrogens is 298 g/mol. The molecule has 0 aromatic heterocycles. The molecule has 1 N–H and O–H groups in total. The summed E-state index contributed by atoms with van der Waals surface area (Å²) in [5.41, 5.74) is 0.931. The maximum absolute atomic E-state index is 12.1. The van der Waals surface area contributed by atoms with Gasteiger partial charge in [-0.1, -0.05) is 30.3 Å². The predicted octanol–water partition coefficient (Wildman–Crippen LogP) is 1.96. The molecule has 1 aromatic rings. The Morgan fingerprint density at radius 3 is 2.78 bits per heavy atom. The zero-order valence-electron chi connectivity index (χ0n) is 13.3. The molecule has 0 unspecified atom stereocenters. The van der Waals surface area contributed by atoms with Crippen molar-refractivity contribution in [1.82, 2.24) is 4.90 Å². The van der Waals surface area contributed by atoms with Crippen LogP contribution >= 0.6 is 0 Å². The fraction of sp³-hybridized carbons (Fsp3) is 0.529. The van der Waals surface area contributed by atoms with Gasteiger partial charge in [0.05, 0.1) is 19.6 Å². The number of benzene rings is 1. The molecule has 1 aromatic carbocycles. The summed E-state index contributed by atoms with van der Waals surface area (Å²) < 4.78 is 9.88. The monoisotopic (exact) mass is 321 g/mol. The third-order valence-electron chi connectivity index (χ3n) is 4.07. The number of amides is 1. The largest absolute Gasteiger partial charge is 0.469 e. The summed E-state index contributed by atoms with van der Waals surface area (Å²) in [5, 5.41) is 10.1. The van der Waals surface area contributed by atoms with Crippen molar-refractivity contribution >= 4 is 12.1 Å². The van der Waals surface area contributed by atoms with E-state index >= 15 is 0 Å². The van der Waals surface area contributed by atoms with Crippen molar-refractivity contribution in [1.29, 1.82) is 0 Å². The second-order valence-corrected chi connectivity index (χ2v) is 5.74. The molecule has 1 fully saturated rings. The van der Waals surface area contributed by atoms with Crippen molar-refractivity contribution in [2.24, 2.45) is 5.92 Å². The van der Waals surface area contributed by atoms with Gasteiger partial charge in [0.25, 0.3) is 0 Å². The Bertz CT molecular complexity index is 519. The second kappa shape index (κ2) is 8.53. The maximum atomic E-state index is 12.1. The lowest BCUT2D eigenvalue weighted by Crippen LogP contribution is -2.44. The number of aliphatic hydroxyl groups is 1. The van der Waals surface area contributed by atoms with E-state index in [4.69, 9.17) is 4.74 Å².